The maximum atomic E-state index is 2.51. The lowest BCUT2D eigenvalue weighted by Gasteiger charge is -2.29. The predicted molar refractivity (Wildman–Crippen MR) is 224 cm³/mol. The largest absolute Gasteiger partial charge is 0.310 e. The maximum Gasteiger partial charge on any atom is 0.0621 e. The summed E-state index contributed by atoms with van der Waals surface area (Å²) in [5, 5.41) is 5.11. The highest BCUT2D eigenvalue weighted by Gasteiger charge is 2.36. The van der Waals surface area contributed by atoms with Gasteiger partial charge in [0, 0.05) is 38.3 Å². The molecule has 0 amide bonds. The zero-order valence-electron chi connectivity index (χ0n) is 29.7. The SMILES string of the molecule is CC1(C)c2ccccc2-c2cc(N(c3cc(-c4ccccc4)cc(-c4ccccc4)c3)c3cccc4c3c3cccc5c6ccccc6n4c53)ccc21. The molecule has 0 saturated carbocycles. The number of para-hydroxylation sites is 2. The van der Waals surface area contributed by atoms with Crippen molar-refractivity contribution in [2.75, 3.05) is 4.90 Å². The molecule has 2 heteroatoms. The Morgan fingerprint density at radius 2 is 1.02 bits per heavy atom. The third kappa shape index (κ3) is 4.33. The molecule has 10 aromatic rings. The van der Waals surface area contributed by atoms with Gasteiger partial charge >= 0.3 is 0 Å². The van der Waals surface area contributed by atoms with Crippen LogP contribution < -0.4 is 4.90 Å². The van der Waals surface area contributed by atoms with Crippen molar-refractivity contribution in [3.8, 4) is 33.4 Å². The number of anilines is 3. The van der Waals surface area contributed by atoms with Gasteiger partial charge in [-0.05, 0) is 93.0 Å². The van der Waals surface area contributed by atoms with E-state index < -0.39 is 0 Å². The summed E-state index contributed by atoms with van der Waals surface area (Å²) in [7, 11) is 0. The van der Waals surface area contributed by atoms with Crippen LogP contribution in [0.5, 0.6) is 0 Å². The quantitative estimate of drug-likeness (QED) is 0.176. The molecule has 11 rings (SSSR count). The lowest BCUT2D eigenvalue weighted by atomic mass is 9.82. The van der Waals surface area contributed by atoms with Gasteiger partial charge in [0.05, 0.1) is 22.2 Å². The van der Waals surface area contributed by atoms with Crippen LogP contribution in [0.2, 0.25) is 0 Å². The van der Waals surface area contributed by atoms with Crippen LogP contribution in [-0.4, -0.2) is 4.40 Å². The third-order valence-corrected chi connectivity index (χ3v) is 11.7. The van der Waals surface area contributed by atoms with Crippen molar-refractivity contribution in [1.82, 2.24) is 4.40 Å². The highest BCUT2D eigenvalue weighted by atomic mass is 15.1. The van der Waals surface area contributed by atoms with Crippen molar-refractivity contribution in [3.63, 3.8) is 0 Å². The van der Waals surface area contributed by atoms with E-state index in [-0.39, 0.29) is 5.41 Å². The van der Waals surface area contributed by atoms with Crippen molar-refractivity contribution >= 4 is 55.2 Å². The van der Waals surface area contributed by atoms with Gasteiger partial charge in [-0.3, -0.25) is 0 Å². The first kappa shape index (κ1) is 30.0. The summed E-state index contributed by atoms with van der Waals surface area (Å²) in [6.45, 7) is 4.71. The second-order valence-electron chi connectivity index (χ2n) is 15.0. The summed E-state index contributed by atoms with van der Waals surface area (Å²) in [4.78, 5) is 2.51. The van der Waals surface area contributed by atoms with Crippen LogP contribution in [0, 0.1) is 0 Å². The molecular weight excluding hydrogens is 641 g/mol. The molecule has 2 aromatic heterocycles. The molecule has 1 aliphatic carbocycles. The van der Waals surface area contributed by atoms with E-state index in [0.717, 1.165) is 17.1 Å². The van der Waals surface area contributed by atoms with Crippen molar-refractivity contribution in [1.29, 1.82) is 0 Å². The lowest BCUT2D eigenvalue weighted by molar-refractivity contribution is 0.660. The number of fused-ring (bicyclic) bond motifs is 9. The van der Waals surface area contributed by atoms with Gasteiger partial charge in [-0.1, -0.05) is 147 Å². The smallest absolute Gasteiger partial charge is 0.0621 e. The molecule has 0 N–H and O–H groups in total. The Morgan fingerprint density at radius 1 is 0.415 bits per heavy atom. The topological polar surface area (TPSA) is 7.65 Å². The minimum absolute atomic E-state index is 0.0722. The van der Waals surface area contributed by atoms with E-state index in [9.17, 15) is 0 Å². The van der Waals surface area contributed by atoms with E-state index in [1.54, 1.807) is 0 Å². The Kier molecular flexibility index (Phi) is 6.33. The first-order chi connectivity index (χ1) is 26.1. The fourth-order valence-electron chi connectivity index (χ4n) is 9.26. The monoisotopic (exact) mass is 676 g/mol. The second kappa shape index (κ2) is 11.2. The van der Waals surface area contributed by atoms with Crippen LogP contribution in [-0.2, 0) is 5.41 Å². The van der Waals surface area contributed by atoms with E-state index in [4.69, 9.17) is 0 Å². The Bertz CT molecular complexity index is 2970. The molecule has 0 fully saturated rings. The van der Waals surface area contributed by atoms with E-state index in [0.29, 0.717) is 0 Å². The minimum atomic E-state index is -0.0722. The predicted octanol–water partition coefficient (Wildman–Crippen LogP) is 13.9. The molecule has 0 bridgehead atoms. The highest BCUT2D eigenvalue weighted by Crippen LogP contribution is 2.52. The summed E-state index contributed by atoms with van der Waals surface area (Å²) in [5.41, 5.74) is 17.2. The van der Waals surface area contributed by atoms with Crippen molar-refractivity contribution in [2.45, 2.75) is 19.3 Å². The molecule has 250 valence electrons. The van der Waals surface area contributed by atoms with E-state index >= 15 is 0 Å². The minimum Gasteiger partial charge on any atom is -0.310 e. The van der Waals surface area contributed by atoms with E-state index in [1.165, 1.54) is 82.6 Å². The first-order valence-electron chi connectivity index (χ1n) is 18.5. The summed E-state index contributed by atoms with van der Waals surface area (Å²) in [5.74, 6) is 0. The number of benzene rings is 8. The number of nitrogens with zero attached hydrogens (tertiary/aromatic N) is 2. The van der Waals surface area contributed by atoms with Gasteiger partial charge in [-0.2, -0.15) is 0 Å². The van der Waals surface area contributed by atoms with Crippen LogP contribution >= 0.6 is 0 Å². The van der Waals surface area contributed by atoms with Crippen molar-refractivity contribution in [3.05, 3.63) is 193 Å². The Labute approximate surface area is 309 Å². The first-order valence-corrected chi connectivity index (χ1v) is 18.5. The lowest BCUT2D eigenvalue weighted by Crippen LogP contribution is -2.15. The summed E-state index contributed by atoms with van der Waals surface area (Å²) < 4.78 is 2.48. The van der Waals surface area contributed by atoms with Gasteiger partial charge in [-0.25, -0.2) is 0 Å². The zero-order valence-corrected chi connectivity index (χ0v) is 29.7. The maximum absolute atomic E-state index is 2.51. The molecule has 0 saturated heterocycles. The number of hydrogen-bond acceptors (Lipinski definition) is 1. The molecule has 0 aliphatic heterocycles. The van der Waals surface area contributed by atoms with Crippen molar-refractivity contribution < 1.29 is 0 Å². The molecule has 0 spiro atoms. The van der Waals surface area contributed by atoms with Crippen LogP contribution in [0.15, 0.2) is 182 Å². The fraction of sp³-hybridized carbons (Fsp3) is 0.0588. The van der Waals surface area contributed by atoms with Gasteiger partial charge in [0.15, 0.2) is 0 Å². The highest BCUT2D eigenvalue weighted by molar-refractivity contribution is 6.26. The molecule has 53 heavy (non-hydrogen) atoms. The van der Waals surface area contributed by atoms with Crippen LogP contribution in [0.3, 0.4) is 0 Å². The second-order valence-corrected chi connectivity index (χ2v) is 15.0. The van der Waals surface area contributed by atoms with Gasteiger partial charge in [0.25, 0.3) is 0 Å². The normalized spacial score (nSPS) is 13.2. The Hall–Kier alpha value is -6.64. The summed E-state index contributed by atoms with van der Waals surface area (Å²) in [6, 6.07) is 67.2. The third-order valence-electron chi connectivity index (χ3n) is 11.7. The van der Waals surface area contributed by atoms with Gasteiger partial charge in [0.1, 0.15) is 0 Å². The molecule has 1 aliphatic rings. The molecule has 8 aromatic carbocycles. The van der Waals surface area contributed by atoms with Gasteiger partial charge in [0.2, 0.25) is 0 Å². The molecule has 0 atom stereocenters. The molecule has 0 unspecified atom stereocenters. The molecule has 2 nitrogen and oxygen atoms in total. The summed E-state index contributed by atoms with van der Waals surface area (Å²) in [6.07, 6.45) is 0. The molecule has 2 heterocycles. The standard InChI is InChI=1S/C51H36N2/c1-51(2)44-23-11-9-19-39(44)43-32-37(27-28-45(43)51)52(38-30-35(33-15-5-3-6-16-33)29-36(31-38)34-17-7-4-8-18-34)47-25-14-26-48-49(47)42-22-13-21-41-40-20-10-12-24-46(40)53(48)50(41)42/h3-32H,1-2H3. The van der Waals surface area contributed by atoms with Crippen LogP contribution in [0.4, 0.5) is 17.1 Å². The van der Waals surface area contributed by atoms with Crippen LogP contribution in [0.1, 0.15) is 25.0 Å². The Balaban J connectivity index is 1.25. The van der Waals surface area contributed by atoms with Crippen molar-refractivity contribution in [2.24, 2.45) is 0 Å². The average Bonchev–Trinajstić information content (AvgIpc) is 3.82. The average molecular weight is 677 g/mol. The Morgan fingerprint density at radius 3 is 1.79 bits per heavy atom. The van der Waals surface area contributed by atoms with Crippen LogP contribution in [0.25, 0.3) is 71.5 Å². The van der Waals surface area contributed by atoms with E-state index in [2.05, 4.69) is 205 Å². The number of aromatic nitrogens is 1. The fourth-order valence-corrected chi connectivity index (χ4v) is 9.26. The summed E-state index contributed by atoms with van der Waals surface area (Å²) >= 11 is 0. The number of hydrogen-bond donors (Lipinski definition) is 0. The number of rotatable bonds is 5. The molecular formula is C51H36N2. The van der Waals surface area contributed by atoms with Gasteiger partial charge < -0.3 is 9.30 Å². The van der Waals surface area contributed by atoms with E-state index in [1.807, 2.05) is 0 Å². The molecule has 0 radical (unpaired) electrons. The zero-order chi connectivity index (χ0) is 35.3. The van der Waals surface area contributed by atoms with Gasteiger partial charge in [-0.15, -0.1) is 0 Å².